The summed E-state index contributed by atoms with van der Waals surface area (Å²) in [6.07, 6.45) is 4.90. The number of aromatic nitrogens is 2. The van der Waals surface area contributed by atoms with E-state index in [1.807, 2.05) is 19.1 Å². The quantitative estimate of drug-likeness (QED) is 0.781. The number of nitrogens with one attached hydrogen (secondary N) is 1. The Morgan fingerprint density at radius 2 is 2.38 bits per heavy atom. The van der Waals surface area contributed by atoms with Crippen molar-refractivity contribution >= 4 is 17.7 Å². The first kappa shape index (κ1) is 17.0. The van der Waals surface area contributed by atoms with Crippen molar-refractivity contribution in [3.63, 3.8) is 0 Å². The fourth-order valence-electron chi connectivity index (χ4n) is 3.06. The van der Waals surface area contributed by atoms with E-state index in [1.165, 1.54) is 11.8 Å². The average molecular weight is 346 g/mol. The van der Waals surface area contributed by atoms with Crippen molar-refractivity contribution in [2.45, 2.75) is 43.0 Å². The summed E-state index contributed by atoms with van der Waals surface area (Å²) in [5.41, 5.74) is 7.24. The highest BCUT2D eigenvalue weighted by molar-refractivity contribution is 7.98. The van der Waals surface area contributed by atoms with Gasteiger partial charge < -0.3 is 15.6 Å². The highest BCUT2D eigenvalue weighted by Crippen LogP contribution is 2.27. The zero-order valence-electron chi connectivity index (χ0n) is 13.7. The largest absolute Gasteiger partial charge is 0.361 e. The van der Waals surface area contributed by atoms with Gasteiger partial charge in [0.2, 0.25) is 0 Å². The molecule has 2 heterocycles. The molecule has 2 unspecified atom stereocenters. The summed E-state index contributed by atoms with van der Waals surface area (Å²) < 4.78 is 5.07. The summed E-state index contributed by atoms with van der Waals surface area (Å²) in [5.74, 6) is 1.69. The van der Waals surface area contributed by atoms with Crippen molar-refractivity contribution in [1.29, 1.82) is 0 Å². The van der Waals surface area contributed by atoms with E-state index in [-0.39, 0.29) is 11.9 Å². The van der Waals surface area contributed by atoms with Crippen LogP contribution in [-0.4, -0.2) is 28.6 Å². The molecule has 2 aromatic rings. The van der Waals surface area contributed by atoms with Crippen molar-refractivity contribution in [2.75, 3.05) is 6.54 Å². The third-order valence-corrected chi connectivity index (χ3v) is 5.37. The van der Waals surface area contributed by atoms with E-state index in [9.17, 15) is 4.79 Å². The number of carbonyl (C=O) groups is 1. The lowest BCUT2D eigenvalue weighted by Gasteiger charge is -2.20. The highest BCUT2D eigenvalue weighted by Gasteiger charge is 2.28. The van der Waals surface area contributed by atoms with Gasteiger partial charge in [0.05, 0.1) is 11.3 Å². The van der Waals surface area contributed by atoms with Gasteiger partial charge in [-0.1, -0.05) is 23.3 Å². The predicted octanol–water partition coefficient (Wildman–Crippen LogP) is 2.53. The minimum absolute atomic E-state index is 0.0766. The van der Waals surface area contributed by atoms with Gasteiger partial charge >= 0.3 is 0 Å². The molecule has 2 aromatic heterocycles. The molecule has 0 aliphatic heterocycles. The van der Waals surface area contributed by atoms with E-state index >= 15 is 0 Å². The normalized spacial score (nSPS) is 20.2. The van der Waals surface area contributed by atoms with E-state index in [0.29, 0.717) is 28.8 Å². The molecule has 0 bridgehead atoms. The average Bonchev–Trinajstić information content (AvgIpc) is 3.21. The molecule has 24 heavy (non-hydrogen) atoms. The van der Waals surface area contributed by atoms with Crippen LogP contribution >= 0.6 is 11.8 Å². The van der Waals surface area contributed by atoms with Crippen LogP contribution < -0.4 is 11.1 Å². The Bertz CT molecular complexity index is 703. The molecular formula is C17H22N4O2S. The Morgan fingerprint density at radius 1 is 1.50 bits per heavy atom. The zero-order chi connectivity index (χ0) is 16.9. The topological polar surface area (TPSA) is 94.0 Å². The fourth-order valence-corrected chi connectivity index (χ4v) is 3.93. The van der Waals surface area contributed by atoms with Gasteiger partial charge in [0.25, 0.3) is 5.91 Å². The molecule has 7 heteroatoms. The molecule has 2 atom stereocenters. The molecule has 6 nitrogen and oxygen atoms in total. The molecule has 0 aromatic carbocycles. The molecule has 128 valence electrons. The van der Waals surface area contributed by atoms with Gasteiger partial charge in [-0.05, 0) is 44.4 Å². The van der Waals surface area contributed by atoms with Crippen LogP contribution in [0.25, 0.3) is 0 Å². The lowest BCUT2D eigenvalue weighted by molar-refractivity contribution is 0.0925. The highest BCUT2D eigenvalue weighted by atomic mass is 32.2. The Hall–Kier alpha value is -1.86. The summed E-state index contributed by atoms with van der Waals surface area (Å²) >= 11 is 1.49. The van der Waals surface area contributed by atoms with E-state index in [0.717, 1.165) is 30.7 Å². The van der Waals surface area contributed by atoms with Crippen LogP contribution in [-0.2, 0) is 5.75 Å². The van der Waals surface area contributed by atoms with E-state index in [4.69, 9.17) is 10.3 Å². The second kappa shape index (κ2) is 7.81. The molecule has 1 aliphatic carbocycles. The first-order valence-electron chi connectivity index (χ1n) is 8.18. The van der Waals surface area contributed by atoms with Crippen LogP contribution in [0, 0.1) is 12.8 Å². The Morgan fingerprint density at radius 3 is 3.12 bits per heavy atom. The first-order chi connectivity index (χ1) is 11.7. The van der Waals surface area contributed by atoms with Gasteiger partial charge in [-0.3, -0.25) is 4.79 Å². The molecule has 1 saturated carbocycles. The van der Waals surface area contributed by atoms with Crippen LogP contribution in [0.4, 0.5) is 0 Å². The van der Waals surface area contributed by atoms with Crippen LogP contribution in [0.3, 0.4) is 0 Å². The maximum absolute atomic E-state index is 12.7. The molecule has 0 radical (unpaired) electrons. The van der Waals surface area contributed by atoms with Gasteiger partial charge in [-0.25, -0.2) is 4.98 Å². The van der Waals surface area contributed by atoms with Crippen LogP contribution in [0.2, 0.25) is 0 Å². The zero-order valence-corrected chi connectivity index (χ0v) is 14.5. The van der Waals surface area contributed by atoms with Crippen LogP contribution in [0.1, 0.15) is 41.1 Å². The lowest BCUT2D eigenvalue weighted by atomic mass is 10.0. The third-order valence-electron chi connectivity index (χ3n) is 4.33. The van der Waals surface area contributed by atoms with Gasteiger partial charge in [-0.15, -0.1) is 0 Å². The summed E-state index contributed by atoms with van der Waals surface area (Å²) in [6, 6.07) is 5.65. The number of carbonyl (C=O) groups excluding carboxylic acids is 1. The van der Waals surface area contributed by atoms with Gasteiger partial charge in [0, 0.05) is 24.1 Å². The fraction of sp³-hybridized carbons (Fsp3) is 0.471. The number of nitrogens with two attached hydrogens (primary N) is 1. The Labute approximate surface area is 145 Å². The van der Waals surface area contributed by atoms with Crippen molar-refractivity contribution in [1.82, 2.24) is 15.5 Å². The summed E-state index contributed by atoms with van der Waals surface area (Å²) in [5, 5.41) is 7.81. The maximum atomic E-state index is 12.7. The SMILES string of the molecule is Cc1cc(CSc2ncccc2C(=O)NC2CCCC2CN)no1. The number of hydrogen-bond donors (Lipinski definition) is 2. The molecule has 1 amide bonds. The molecule has 0 spiro atoms. The van der Waals surface area contributed by atoms with Gasteiger partial charge in [-0.2, -0.15) is 0 Å². The van der Waals surface area contributed by atoms with E-state index in [2.05, 4.69) is 15.5 Å². The van der Waals surface area contributed by atoms with Crippen molar-refractivity contribution < 1.29 is 9.32 Å². The second-order valence-electron chi connectivity index (χ2n) is 6.08. The standard InChI is InChI=1S/C17H22N4O2S/c1-11-8-13(21-23-11)10-24-17-14(5-3-7-19-17)16(22)20-15-6-2-4-12(15)9-18/h3,5,7-8,12,15H,2,4,6,9-10,18H2,1H3,(H,20,22). The predicted molar refractivity (Wildman–Crippen MR) is 92.7 cm³/mol. The molecule has 0 saturated heterocycles. The lowest BCUT2D eigenvalue weighted by Crippen LogP contribution is -2.40. The van der Waals surface area contributed by atoms with Crippen molar-refractivity contribution in [3.8, 4) is 0 Å². The Balaban J connectivity index is 1.67. The number of hydrogen-bond acceptors (Lipinski definition) is 6. The van der Waals surface area contributed by atoms with Crippen molar-refractivity contribution in [2.24, 2.45) is 11.7 Å². The molecular weight excluding hydrogens is 324 g/mol. The van der Waals surface area contributed by atoms with Crippen LogP contribution in [0.5, 0.6) is 0 Å². The number of pyridine rings is 1. The summed E-state index contributed by atoms with van der Waals surface area (Å²) in [6.45, 7) is 2.47. The maximum Gasteiger partial charge on any atom is 0.254 e. The number of aryl methyl sites for hydroxylation is 1. The summed E-state index contributed by atoms with van der Waals surface area (Å²) in [7, 11) is 0. The molecule has 3 N–H and O–H groups in total. The van der Waals surface area contributed by atoms with Gasteiger partial charge in [0.1, 0.15) is 10.8 Å². The third kappa shape index (κ3) is 3.96. The summed E-state index contributed by atoms with van der Waals surface area (Å²) in [4.78, 5) is 17.0. The van der Waals surface area contributed by atoms with Crippen LogP contribution in [0.15, 0.2) is 33.9 Å². The van der Waals surface area contributed by atoms with E-state index < -0.39 is 0 Å². The number of thioether (sulfide) groups is 1. The second-order valence-corrected chi connectivity index (χ2v) is 7.04. The number of nitrogens with zero attached hydrogens (tertiary/aromatic N) is 2. The smallest absolute Gasteiger partial charge is 0.254 e. The molecule has 1 fully saturated rings. The minimum atomic E-state index is -0.0766. The molecule has 1 aliphatic rings. The number of amides is 1. The molecule has 3 rings (SSSR count). The monoisotopic (exact) mass is 346 g/mol. The first-order valence-corrected chi connectivity index (χ1v) is 9.17. The van der Waals surface area contributed by atoms with E-state index in [1.54, 1.807) is 12.3 Å². The minimum Gasteiger partial charge on any atom is -0.361 e. The van der Waals surface area contributed by atoms with Crippen molar-refractivity contribution in [3.05, 3.63) is 41.4 Å². The van der Waals surface area contributed by atoms with Gasteiger partial charge in [0.15, 0.2) is 0 Å². The number of rotatable bonds is 6. The Kier molecular flexibility index (Phi) is 5.52.